The lowest BCUT2D eigenvalue weighted by Gasteiger charge is -2.09. The SMILES string of the molecule is O=[N+]([O-])c1cc(F)ccc1OCc1c(F)ccc(Br)c1F. The Kier molecular flexibility index (Phi) is 4.46. The van der Waals surface area contributed by atoms with Gasteiger partial charge in [0.15, 0.2) is 5.75 Å². The van der Waals surface area contributed by atoms with Crippen LogP contribution in [0.4, 0.5) is 18.9 Å². The number of ether oxygens (including phenoxy) is 1. The summed E-state index contributed by atoms with van der Waals surface area (Å²) in [6.45, 7) is -0.566. The number of hydrogen-bond acceptors (Lipinski definition) is 3. The molecule has 0 spiro atoms. The summed E-state index contributed by atoms with van der Waals surface area (Å²) in [5, 5.41) is 10.8. The number of nitro benzene ring substituents is 1. The predicted molar refractivity (Wildman–Crippen MR) is 71.4 cm³/mol. The third-order valence-corrected chi connectivity index (χ3v) is 3.24. The van der Waals surface area contributed by atoms with E-state index < -0.39 is 34.7 Å². The molecule has 0 saturated carbocycles. The molecule has 0 saturated heterocycles. The highest BCUT2D eigenvalue weighted by Crippen LogP contribution is 2.29. The van der Waals surface area contributed by atoms with Crippen molar-refractivity contribution in [3.05, 3.63) is 67.9 Å². The van der Waals surface area contributed by atoms with Crippen molar-refractivity contribution in [3.63, 3.8) is 0 Å². The molecule has 0 aromatic heterocycles. The predicted octanol–water partition coefficient (Wildman–Crippen LogP) is 4.35. The van der Waals surface area contributed by atoms with Crippen LogP contribution in [-0.4, -0.2) is 4.92 Å². The normalized spacial score (nSPS) is 10.5. The Morgan fingerprint density at radius 3 is 2.57 bits per heavy atom. The minimum Gasteiger partial charge on any atom is -0.482 e. The molecular formula is C13H7BrF3NO3. The standard InChI is InChI=1S/C13H7BrF3NO3/c14-9-2-3-10(16)8(13(9)17)6-21-12-4-1-7(15)5-11(12)18(19)20/h1-5H,6H2. The first-order chi connectivity index (χ1) is 9.90. The lowest BCUT2D eigenvalue weighted by Crippen LogP contribution is -2.04. The highest BCUT2D eigenvalue weighted by atomic mass is 79.9. The molecule has 0 aliphatic heterocycles. The van der Waals surface area contributed by atoms with Crippen LogP contribution < -0.4 is 4.74 Å². The molecule has 2 aromatic rings. The van der Waals surface area contributed by atoms with E-state index in [-0.39, 0.29) is 15.8 Å². The molecule has 4 nitrogen and oxygen atoms in total. The lowest BCUT2D eigenvalue weighted by atomic mass is 10.2. The average molecular weight is 362 g/mol. The molecule has 2 rings (SSSR count). The third kappa shape index (κ3) is 3.33. The van der Waals surface area contributed by atoms with Gasteiger partial charge in [-0.3, -0.25) is 10.1 Å². The lowest BCUT2D eigenvalue weighted by molar-refractivity contribution is -0.386. The third-order valence-electron chi connectivity index (χ3n) is 2.63. The topological polar surface area (TPSA) is 52.4 Å². The molecule has 0 amide bonds. The van der Waals surface area contributed by atoms with Gasteiger partial charge in [0.05, 0.1) is 21.0 Å². The zero-order valence-electron chi connectivity index (χ0n) is 10.3. The molecule has 8 heteroatoms. The Morgan fingerprint density at radius 1 is 1.19 bits per heavy atom. The Labute approximate surface area is 125 Å². The van der Waals surface area contributed by atoms with Crippen LogP contribution in [0.5, 0.6) is 5.75 Å². The van der Waals surface area contributed by atoms with Crippen molar-refractivity contribution in [2.45, 2.75) is 6.61 Å². The second-order valence-corrected chi connectivity index (χ2v) is 4.83. The van der Waals surface area contributed by atoms with E-state index in [1.807, 2.05) is 0 Å². The summed E-state index contributed by atoms with van der Waals surface area (Å²) in [5.74, 6) is -2.80. The summed E-state index contributed by atoms with van der Waals surface area (Å²) in [4.78, 5) is 9.94. The van der Waals surface area contributed by atoms with Crippen molar-refractivity contribution in [3.8, 4) is 5.75 Å². The van der Waals surface area contributed by atoms with Gasteiger partial charge < -0.3 is 4.74 Å². The van der Waals surface area contributed by atoms with Gasteiger partial charge in [-0.05, 0) is 40.2 Å². The highest BCUT2D eigenvalue weighted by molar-refractivity contribution is 9.10. The number of hydrogen-bond donors (Lipinski definition) is 0. The number of rotatable bonds is 4. The fourth-order valence-corrected chi connectivity index (χ4v) is 1.98. The van der Waals surface area contributed by atoms with Crippen LogP contribution in [0.2, 0.25) is 0 Å². The Balaban J connectivity index is 2.29. The zero-order chi connectivity index (χ0) is 15.6. The minimum absolute atomic E-state index is 0.0381. The van der Waals surface area contributed by atoms with E-state index in [1.54, 1.807) is 0 Å². The molecule has 21 heavy (non-hydrogen) atoms. The molecule has 0 unspecified atom stereocenters. The molecule has 0 N–H and O–H groups in total. The van der Waals surface area contributed by atoms with E-state index in [2.05, 4.69) is 15.9 Å². The van der Waals surface area contributed by atoms with Crippen LogP contribution >= 0.6 is 15.9 Å². The van der Waals surface area contributed by atoms with Gasteiger partial charge in [0.2, 0.25) is 0 Å². The maximum atomic E-state index is 13.7. The van der Waals surface area contributed by atoms with Gasteiger partial charge in [0, 0.05) is 0 Å². The van der Waals surface area contributed by atoms with Crippen molar-refractivity contribution in [1.82, 2.24) is 0 Å². The Hall–Kier alpha value is -2.09. The second-order valence-electron chi connectivity index (χ2n) is 3.98. The fraction of sp³-hybridized carbons (Fsp3) is 0.0769. The van der Waals surface area contributed by atoms with Gasteiger partial charge in [0.1, 0.15) is 24.1 Å². The maximum absolute atomic E-state index is 13.7. The van der Waals surface area contributed by atoms with Crippen LogP contribution in [0.15, 0.2) is 34.8 Å². The first kappa shape index (κ1) is 15.3. The van der Waals surface area contributed by atoms with Crippen molar-refractivity contribution >= 4 is 21.6 Å². The summed E-state index contributed by atoms with van der Waals surface area (Å²) >= 11 is 2.90. The van der Waals surface area contributed by atoms with Crippen LogP contribution in [0, 0.1) is 27.6 Å². The van der Waals surface area contributed by atoms with Crippen molar-refractivity contribution in [1.29, 1.82) is 0 Å². The Morgan fingerprint density at radius 2 is 1.90 bits per heavy atom. The van der Waals surface area contributed by atoms with Crippen molar-refractivity contribution < 1.29 is 22.8 Å². The summed E-state index contributed by atoms with van der Waals surface area (Å²) in [6, 6.07) is 4.87. The summed E-state index contributed by atoms with van der Waals surface area (Å²) < 4.78 is 45.3. The van der Waals surface area contributed by atoms with Gasteiger partial charge in [-0.25, -0.2) is 13.2 Å². The van der Waals surface area contributed by atoms with E-state index in [4.69, 9.17) is 4.74 Å². The van der Waals surface area contributed by atoms with Gasteiger partial charge in [-0.1, -0.05) is 0 Å². The van der Waals surface area contributed by atoms with Gasteiger partial charge >= 0.3 is 5.69 Å². The smallest absolute Gasteiger partial charge is 0.313 e. The molecule has 0 aliphatic carbocycles. The number of benzene rings is 2. The molecule has 0 radical (unpaired) electrons. The summed E-state index contributed by atoms with van der Waals surface area (Å²) in [5.41, 5.74) is -1.01. The number of halogens is 4. The van der Waals surface area contributed by atoms with E-state index in [1.165, 1.54) is 6.07 Å². The number of nitrogens with zero attached hydrogens (tertiary/aromatic N) is 1. The Bertz CT molecular complexity index is 709. The van der Waals surface area contributed by atoms with Gasteiger partial charge in [-0.15, -0.1) is 0 Å². The second kappa shape index (κ2) is 6.13. The minimum atomic E-state index is -0.861. The first-order valence-corrected chi connectivity index (χ1v) is 6.38. The van der Waals surface area contributed by atoms with Crippen molar-refractivity contribution in [2.24, 2.45) is 0 Å². The van der Waals surface area contributed by atoms with Crippen LogP contribution in [-0.2, 0) is 6.61 Å². The monoisotopic (exact) mass is 361 g/mol. The molecule has 0 fully saturated rings. The molecule has 110 valence electrons. The number of nitro groups is 1. The summed E-state index contributed by atoms with van der Waals surface area (Å²) in [7, 11) is 0. The highest BCUT2D eigenvalue weighted by Gasteiger charge is 2.18. The van der Waals surface area contributed by atoms with E-state index >= 15 is 0 Å². The zero-order valence-corrected chi connectivity index (χ0v) is 11.9. The largest absolute Gasteiger partial charge is 0.482 e. The van der Waals surface area contributed by atoms with Gasteiger partial charge in [-0.2, -0.15) is 0 Å². The quantitative estimate of drug-likeness (QED) is 0.462. The van der Waals surface area contributed by atoms with Crippen molar-refractivity contribution in [2.75, 3.05) is 0 Å². The first-order valence-electron chi connectivity index (χ1n) is 5.59. The van der Waals surface area contributed by atoms with E-state index in [9.17, 15) is 23.3 Å². The fourth-order valence-electron chi connectivity index (χ4n) is 1.61. The molecule has 0 aliphatic rings. The average Bonchev–Trinajstić information content (AvgIpc) is 2.44. The summed E-state index contributed by atoms with van der Waals surface area (Å²) in [6.07, 6.45) is 0. The maximum Gasteiger partial charge on any atom is 0.313 e. The van der Waals surface area contributed by atoms with Gasteiger partial charge in [0.25, 0.3) is 0 Å². The molecule has 2 aromatic carbocycles. The molecular weight excluding hydrogens is 355 g/mol. The van der Waals surface area contributed by atoms with E-state index in [0.29, 0.717) is 6.07 Å². The molecule has 0 atom stereocenters. The van der Waals surface area contributed by atoms with E-state index in [0.717, 1.165) is 18.2 Å². The molecule has 0 heterocycles. The van der Waals surface area contributed by atoms with Crippen LogP contribution in [0.3, 0.4) is 0 Å². The van der Waals surface area contributed by atoms with Crippen LogP contribution in [0.1, 0.15) is 5.56 Å². The molecule has 0 bridgehead atoms. The van der Waals surface area contributed by atoms with Crippen LogP contribution in [0.25, 0.3) is 0 Å².